The first kappa shape index (κ1) is 13.1. The number of pyridine rings is 1. The normalized spacial score (nSPS) is 16.3. The number of nitrogens with zero attached hydrogens (tertiary/aromatic N) is 5. The minimum absolute atomic E-state index is 0.324. The second-order valence-electron chi connectivity index (χ2n) is 5.56. The van der Waals surface area contributed by atoms with E-state index in [0.29, 0.717) is 11.9 Å². The number of nitrogens with two attached hydrogens (primary N) is 1. The van der Waals surface area contributed by atoms with Crippen molar-refractivity contribution in [1.82, 2.24) is 24.9 Å². The fourth-order valence-corrected chi connectivity index (χ4v) is 2.71. The van der Waals surface area contributed by atoms with Gasteiger partial charge in [0.2, 0.25) is 0 Å². The van der Waals surface area contributed by atoms with E-state index in [0.717, 1.165) is 48.5 Å². The Morgan fingerprint density at radius 3 is 2.73 bits per heavy atom. The lowest BCUT2D eigenvalue weighted by molar-refractivity contribution is 0.498. The van der Waals surface area contributed by atoms with Gasteiger partial charge in [-0.15, -0.1) is 0 Å². The lowest BCUT2D eigenvalue weighted by Gasteiger charge is -2.31. The van der Waals surface area contributed by atoms with E-state index in [2.05, 4.69) is 29.8 Å². The van der Waals surface area contributed by atoms with E-state index >= 15 is 0 Å². The third kappa shape index (κ3) is 2.39. The molecule has 3 aromatic rings. The van der Waals surface area contributed by atoms with E-state index in [1.54, 1.807) is 12.5 Å². The summed E-state index contributed by atoms with van der Waals surface area (Å²) in [6.45, 7) is 1.92. The van der Waals surface area contributed by atoms with Crippen molar-refractivity contribution in [2.45, 2.75) is 18.9 Å². The van der Waals surface area contributed by atoms with Crippen LogP contribution in [0.25, 0.3) is 22.6 Å². The number of piperidine rings is 1. The second kappa shape index (κ2) is 5.34. The van der Waals surface area contributed by atoms with Gasteiger partial charge < -0.3 is 15.6 Å². The average Bonchev–Trinajstić information content (AvgIpc) is 3.03. The van der Waals surface area contributed by atoms with E-state index in [9.17, 15) is 0 Å². The molecule has 4 heterocycles. The highest BCUT2D eigenvalue weighted by atomic mass is 15.2. The molecule has 1 aliphatic rings. The Labute approximate surface area is 127 Å². The Hall–Kier alpha value is -2.54. The van der Waals surface area contributed by atoms with Crippen molar-refractivity contribution >= 4 is 17.0 Å². The molecular weight excluding hydrogens is 278 g/mol. The molecule has 1 fully saturated rings. The molecule has 1 aliphatic heterocycles. The highest BCUT2D eigenvalue weighted by molar-refractivity contribution is 5.71. The molecule has 0 aromatic carbocycles. The van der Waals surface area contributed by atoms with Crippen LogP contribution in [0.15, 0.2) is 30.9 Å². The smallest absolute Gasteiger partial charge is 0.163 e. The fraction of sp³-hybridized carbons (Fsp3) is 0.333. The number of fused-ring (bicyclic) bond motifs is 1. The zero-order valence-corrected chi connectivity index (χ0v) is 12.1. The Kier molecular flexibility index (Phi) is 3.19. The van der Waals surface area contributed by atoms with Crippen LogP contribution in [0.3, 0.4) is 0 Å². The monoisotopic (exact) mass is 295 g/mol. The summed E-state index contributed by atoms with van der Waals surface area (Å²) in [7, 11) is 0. The molecule has 7 heteroatoms. The van der Waals surface area contributed by atoms with Gasteiger partial charge in [0.25, 0.3) is 0 Å². The highest BCUT2D eigenvalue weighted by Gasteiger charge is 2.17. The SMILES string of the molecule is NC1CCN(c2ccc(-c3ncc4nc[nH]c4n3)cn2)CC1. The summed E-state index contributed by atoms with van der Waals surface area (Å²) >= 11 is 0. The zero-order valence-electron chi connectivity index (χ0n) is 12.1. The van der Waals surface area contributed by atoms with Crippen molar-refractivity contribution in [1.29, 1.82) is 0 Å². The largest absolute Gasteiger partial charge is 0.357 e. The van der Waals surface area contributed by atoms with Gasteiger partial charge in [0.15, 0.2) is 11.5 Å². The van der Waals surface area contributed by atoms with Crippen LogP contribution in [0.1, 0.15) is 12.8 Å². The molecule has 0 aliphatic carbocycles. The molecular formula is C15H17N7. The number of nitrogens with one attached hydrogen (secondary N) is 1. The van der Waals surface area contributed by atoms with E-state index in [-0.39, 0.29) is 0 Å². The van der Waals surface area contributed by atoms with Crippen LogP contribution >= 0.6 is 0 Å². The van der Waals surface area contributed by atoms with E-state index < -0.39 is 0 Å². The van der Waals surface area contributed by atoms with Gasteiger partial charge in [-0.05, 0) is 25.0 Å². The summed E-state index contributed by atoms with van der Waals surface area (Å²) in [4.78, 5) is 22.7. The Bertz CT molecular complexity index is 772. The molecule has 0 atom stereocenters. The Morgan fingerprint density at radius 1 is 1.09 bits per heavy atom. The first-order valence-corrected chi connectivity index (χ1v) is 7.43. The first-order valence-electron chi connectivity index (χ1n) is 7.43. The molecule has 0 bridgehead atoms. The van der Waals surface area contributed by atoms with Crippen molar-refractivity contribution < 1.29 is 0 Å². The van der Waals surface area contributed by atoms with Crippen LogP contribution in [0, 0.1) is 0 Å². The summed E-state index contributed by atoms with van der Waals surface area (Å²) in [6, 6.07) is 4.35. The minimum atomic E-state index is 0.324. The van der Waals surface area contributed by atoms with Gasteiger partial charge in [0.05, 0.1) is 12.5 Å². The van der Waals surface area contributed by atoms with Crippen molar-refractivity contribution in [2.24, 2.45) is 5.73 Å². The maximum absolute atomic E-state index is 5.94. The summed E-state index contributed by atoms with van der Waals surface area (Å²) in [5, 5.41) is 0. The molecule has 0 amide bonds. The first-order chi connectivity index (χ1) is 10.8. The standard InChI is InChI=1S/C15H17N7/c16-11-3-5-22(6-4-11)13-2-1-10(7-17-13)14-18-8-12-15(21-14)20-9-19-12/h1-2,7-9,11H,3-6,16H2,(H,18,19,20,21). The highest BCUT2D eigenvalue weighted by Crippen LogP contribution is 2.21. The van der Waals surface area contributed by atoms with Crippen LogP contribution in [0.5, 0.6) is 0 Å². The number of hydrogen-bond donors (Lipinski definition) is 2. The lowest BCUT2D eigenvalue weighted by Crippen LogP contribution is -2.40. The molecule has 7 nitrogen and oxygen atoms in total. The summed E-state index contributed by atoms with van der Waals surface area (Å²) < 4.78 is 0. The number of aromatic amines is 1. The maximum atomic E-state index is 5.94. The molecule has 3 N–H and O–H groups in total. The maximum Gasteiger partial charge on any atom is 0.163 e. The van der Waals surface area contributed by atoms with Crippen molar-refractivity contribution in [3.63, 3.8) is 0 Å². The van der Waals surface area contributed by atoms with Crippen molar-refractivity contribution in [2.75, 3.05) is 18.0 Å². The van der Waals surface area contributed by atoms with Gasteiger partial charge in [0.1, 0.15) is 11.3 Å². The Balaban J connectivity index is 1.58. The predicted molar refractivity (Wildman–Crippen MR) is 84.3 cm³/mol. The van der Waals surface area contributed by atoms with Crippen LogP contribution in [0.4, 0.5) is 5.82 Å². The molecule has 1 saturated heterocycles. The number of aromatic nitrogens is 5. The summed E-state index contributed by atoms with van der Waals surface area (Å²) in [5.74, 6) is 1.63. The van der Waals surface area contributed by atoms with Crippen LogP contribution in [-0.2, 0) is 0 Å². The van der Waals surface area contributed by atoms with E-state index in [4.69, 9.17) is 5.73 Å². The van der Waals surface area contributed by atoms with Crippen LogP contribution < -0.4 is 10.6 Å². The van der Waals surface area contributed by atoms with Gasteiger partial charge in [-0.3, -0.25) is 0 Å². The van der Waals surface area contributed by atoms with Gasteiger partial charge in [-0.2, -0.15) is 0 Å². The fourth-order valence-electron chi connectivity index (χ4n) is 2.71. The quantitative estimate of drug-likeness (QED) is 0.740. The minimum Gasteiger partial charge on any atom is -0.357 e. The second-order valence-corrected chi connectivity index (χ2v) is 5.56. The van der Waals surface area contributed by atoms with Crippen LogP contribution in [-0.4, -0.2) is 44.1 Å². The third-order valence-corrected chi connectivity index (χ3v) is 4.04. The number of hydrogen-bond acceptors (Lipinski definition) is 6. The topological polar surface area (TPSA) is 96.6 Å². The predicted octanol–water partition coefficient (Wildman–Crippen LogP) is 1.34. The summed E-state index contributed by atoms with van der Waals surface area (Å²) in [6.07, 6.45) is 7.19. The molecule has 0 saturated carbocycles. The number of H-pyrrole nitrogens is 1. The number of rotatable bonds is 2. The molecule has 0 radical (unpaired) electrons. The molecule has 0 unspecified atom stereocenters. The number of anilines is 1. The van der Waals surface area contributed by atoms with E-state index in [1.165, 1.54) is 0 Å². The Morgan fingerprint density at radius 2 is 1.95 bits per heavy atom. The van der Waals surface area contributed by atoms with Crippen molar-refractivity contribution in [3.05, 3.63) is 30.9 Å². The average molecular weight is 295 g/mol. The molecule has 22 heavy (non-hydrogen) atoms. The van der Waals surface area contributed by atoms with Crippen molar-refractivity contribution in [3.8, 4) is 11.4 Å². The van der Waals surface area contributed by atoms with Gasteiger partial charge in [0, 0.05) is 30.9 Å². The molecule has 3 aromatic heterocycles. The van der Waals surface area contributed by atoms with Gasteiger partial charge in [-0.1, -0.05) is 0 Å². The molecule has 4 rings (SSSR count). The lowest BCUT2D eigenvalue weighted by atomic mass is 10.1. The number of imidazole rings is 1. The van der Waals surface area contributed by atoms with Gasteiger partial charge >= 0.3 is 0 Å². The summed E-state index contributed by atoms with van der Waals surface area (Å²) in [5.41, 5.74) is 8.33. The zero-order chi connectivity index (χ0) is 14.9. The molecule has 0 spiro atoms. The van der Waals surface area contributed by atoms with Crippen LogP contribution in [0.2, 0.25) is 0 Å². The van der Waals surface area contributed by atoms with Gasteiger partial charge in [-0.25, -0.2) is 19.9 Å². The third-order valence-electron chi connectivity index (χ3n) is 4.04. The van der Waals surface area contributed by atoms with E-state index in [1.807, 2.05) is 18.3 Å². The molecule has 112 valence electrons.